The number of benzene rings is 2. The van der Waals surface area contributed by atoms with Crippen LogP contribution in [-0.2, 0) is 21.8 Å². The molecule has 0 aromatic heterocycles. The Morgan fingerprint density at radius 1 is 1.11 bits per heavy atom. The van der Waals surface area contributed by atoms with Crippen molar-refractivity contribution < 1.29 is 9.59 Å². The van der Waals surface area contributed by atoms with Crippen molar-refractivity contribution in [2.24, 2.45) is 0 Å². The van der Waals surface area contributed by atoms with Gasteiger partial charge in [0.15, 0.2) is 0 Å². The van der Waals surface area contributed by atoms with E-state index < -0.39 is 0 Å². The first-order valence-electron chi connectivity index (χ1n) is 9.62. The number of nitrogens with zero attached hydrogens (tertiary/aromatic N) is 1. The summed E-state index contributed by atoms with van der Waals surface area (Å²) in [5.41, 5.74) is 5.61. The minimum Gasteiger partial charge on any atom is -0.335 e. The molecule has 0 radical (unpaired) electrons. The Hall–Kier alpha value is -2.27. The number of hydrogen-bond acceptors (Lipinski definition) is 3. The molecule has 0 spiro atoms. The number of para-hydroxylation sites is 1. The Bertz CT molecular complexity index is 835. The van der Waals surface area contributed by atoms with Crippen molar-refractivity contribution >= 4 is 29.3 Å². The molecular formula is C23H30N2O2S. The van der Waals surface area contributed by atoms with Crippen LogP contribution in [0, 0.1) is 13.8 Å². The van der Waals surface area contributed by atoms with Crippen LogP contribution >= 0.6 is 11.8 Å². The zero-order valence-electron chi connectivity index (χ0n) is 17.4. The van der Waals surface area contributed by atoms with E-state index in [2.05, 4.69) is 44.3 Å². The van der Waals surface area contributed by atoms with Crippen molar-refractivity contribution in [3.8, 4) is 0 Å². The van der Waals surface area contributed by atoms with E-state index in [0.29, 0.717) is 0 Å². The molecule has 28 heavy (non-hydrogen) atoms. The second-order valence-electron chi connectivity index (χ2n) is 7.14. The topological polar surface area (TPSA) is 49.4 Å². The maximum absolute atomic E-state index is 12.7. The van der Waals surface area contributed by atoms with Crippen molar-refractivity contribution in [3.63, 3.8) is 0 Å². The zero-order chi connectivity index (χ0) is 20.7. The Balaban J connectivity index is 1.88. The van der Waals surface area contributed by atoms with E-state index in [0.717, 1.165) is 23.4 Å². The van der Waals surface area contributed by atoms with Crippen LogP contribution in [0.3, 0.4) is 0 Å². The third kappa shape index (κ3) is 6.13. The number of thioether (sulfide) groups is 1. The van der Waals surface area contributed by atoms with Crippen LogP contribution in [0.5, 0.6) is 0 Å². The summed E-state index contributed by atoms with van der Waals surface area (Å²) in [6.07, 6.45) is 0.845. The highest BCUT2D eigenvalue weighted by Gasteiger charge is 2.20. The molecule has 0 aliphatic rings. The quantitative estimate of drug-likeness (QED) is 0.708. The molecule has 0 aliphatic heterocycles. The maximum atomic E-state index is 12.7. The molecule has 2 amide bonds. The van der Waals surface area contributed by atoms with Crippen molar-refractivity contribution in [3.05, 3.63) is 64.7 Å². The number of nitrogens with one attached hydrogen (secondary N) is 1. The van der Waals surface area contributed by atoms with Crippen molar-refractivity contribution in [2.75, 3.05) is 18.9 Å². The lowest BCUT2D eigenvalue weighted by atomic mass is 10.1. The number of amides is 2. The smallest absolute Gasteiger partial charge is 0.243 e. The van der Waals surface area contributed by atoms with Gasteiger partial charge in [-0.1, -0.05) is 48.9 Å². The third-order valence-corrected chi connectivity index (χ3v) is 5.95. The molecule has 1 atom stereocenters. The van der Waals surface area contributed by atoms with Crippen LogP contribution in [0.25, 0.3) is 0 Å². The van der Waals surface area contributed by atoms with Crippen LogP contribution < -0.4 is 5.32 Å². The van der Waals surface area contributed by atoms with Crippen molar-refractivity contribution in [2.45, 2.75) is 45.1 Å². The number of anilines is 1. The van der Waals surface area contributed by atoms with Crippen LogP contribution in [0.2, 0.25) is 0 Å². The Morgan fingerprint density at radius 3 is 2.54 bits per heavy atom. The first kappa shape index (κ1) is 22.0. The highest BCUT2D eigenvalue weighted by molar-refractivity contribution is 7.99. The molecular weight excluding hydrogens is 368 g/mol. The minimum absolute atomic E-state index is 0.0331. The van der Waals surface area contributed by atoms with E-state index in [1.807, 2.05) is 31.2 Å². The largest absolute Gasteiger partial charge is 0.335 e. The molecule has 0 fully saturated rings. The highest BCUT2D eigenvalue weighted by Crippen LogP contribution is 2.22. The monoisotopic (exact) mass is 398 g/mol. The minimum atomic E-state index is -0.208. The van der Waals surface area contributed by atoms with E-state index in [4.69, 9.17) is 0 Å². The normalized spacial score (nSPS) is 11.8. The molecule has 0 bridgehead atoms. The van der Waals surface area contributed by atoms with Crippen LogP contribution in [0.4, 0.5) is 5.69 Å². The molecule has 1 unspecified atom stereocenters. The van der Waals surface area contributed by atoms with Gasteiger partial charge < -0.3 is 10.2 Å². The summed E-state index contributed by atoms with van der Waals surface area (Å²) in [5, 5.41) is 2.71. The second-order valence-corrected chi connectivity index (χ2v) is 8.47. The van der Waals surface area contributed by atoms with E-state index in [1.54, 1.807) is 18.8 Å². The second kappa shape index (κ2) is 10.3. The van der Waals surface area contributed by atoms with Gasteiger partial charge in [-0.05, 0) is 49.9 Å². The van der Waals surface area contributed by atoms with E-state index >= 15 is 0 Å². The van der Waals surface area contributed by atoms with Gasteiger partial charge in [0, 0.05) is 18.5 Å². The molecule has 0 saturated heterocycles. The average molecular weight is 399 g/mol. The predicted octanol–water partition coefficient (Wildman–Crippen LogP) is 4.58. The average Bonchev–Trinajstić information content (AvgIpc) is 2.68. The molecule has 0 heterocycles. The Morgan fingerprint density at radius 2 is 1.82 bits per heavy atom. The van der Waals surface area contributed by atoms with Gasteiger partial charge in [-0.15, -0.1) is 11.8 Å². The number of carbonyl (C=O) groups is 2. The first-order chi connectivity index (χ1) is 13.3. The lowest BCUT2D eigenvalue weighted by Gasteiger charge is -2.21. The van der Waals surface area contributed by atoms with Gasteiger partial charge in [0.2, 0.25) is 11.8 Å². The molecule has 150 valence electrons. The fourth-order valence-corrected chi connectivity index (χ4v) is 4.05. The van der Waals surface area contributed by atoms with Gasteiger partial charge >= 0.3 is 0 Å². The van der Waals surface area contributed by atoms with Gasteiger partial charge in [-0.3, -0.25) is 9.59 Å². The van der Waals surface area contributed by atoms with Crippen LogP contribution in [-0.4, -0.2) is 35.6 Å². The van der Waals surface area contributed by atoms with Crippen LogP contribution in [0.1, 0.15) is 36.1 Å². The molecule has 2 rings (SSSR count). The van der Waals surface area contributed by atoms with Crippen LogP contribution in [0.15, 0.2) is 42.5 Å². The lowest BCUT2D eigenvalue weighted by molar-refractivity contribution is -0.132. The number of aryl methyl sites for hydroxylation is 3. The van der Waals surface area contributed by atoms with Gasteiger partial charge in [-0.25, -0.2) is 0 Å². The van der Waals surface area contributed by atoms with Gasteiger partial charge in [0.05, 0.1) is 11.8 Å². The van der Waals surface area contributed by atoms with E-state index in [-0.39, 0.29) is 23.6 Å². The Kier molecular flexibility index (Phi) is 8.12. The molecule has 4 nitrogen and oxygen atoms in total. The number of rotatable bonds is 8. The summed E-state index contributed by atoms with van der Waals surface area (Å²) >= 11 is 1.60. The first-order valence-corrected chi connectivity index (χ1v) is 10.7. The fraction of sp³-hybridized carbons (Fsp3) is 0.391. The van der Waals surface area contributed by atoms with E-state index in [9.17, 15) is 9.59 Å². The molecule has 0 aliphatic carbocycles. The lowest BCUT2D eigenvalue weighted by Crippen LogP contribution is -2.39. The zero-order valence-corrected chi connectivity index (χ0v) is 18.2. The number of carbonyl (C=O) groups excluding carboxylic acids is 2. The van der Waals surface area contributed by atoms with E-state index in [1.165, 1.54) is 21.6 Å². The molecule has 0 saturated carbocycles. The summed E-state index contributed by atoms with van der Waals surface area (Å²) in [7, 11) is 1.68. The number of likely N-dealkylation sites (N-methyl/N-ethyl adjacent to an activating group) is 1. The maximum Gasteiger partial charge on any atom is 0.243 e. The summed E-state index contributed by atoms with van der Waals surface area (Å²) in [4.78, 5) is 26.5. The number of hydrogen-bond donors (Lipinski definition) is 1. The molecule has 5 heteroatoms. The highest BCUT2D eigenvalue weighted by atomic mass is 32.2. The standard InChI is InChI=1S/C23H30N2O2S/c1-6-19-9-7-8-10-21(19)24-22(26)14-25(5)23(27)18(4)28-15-20-13-16(2)11-12-17(20)3/h7-13,18H,6,14-15H2,1-5H3,(H,24,26). The van der Waals surface area contributed by atoms with Gasteiger partial charge in [0.25, 0.3) is 0 Å². The summed E-state index contributed by atoms with van der Waals surface area (Å²) < 4.78 is 0. The van der Waals surface area contributed by atoms with Crippen molar-refractivity contribution in [1.29, 1.82) is 0 Å². The summed E-state index contributed by atoms with van der Waals surface area (Å²) in [5.74, 6) is 0.572. The van der Waals surface area contributed by atoms with Gasteiger partial charge in [0.1, 0.15) is 0 Å². The fourth-order valence-electron chi connectivity index (χ4n) is 2.99. The van der Waals surface area contributed by atoms with Crippen molar-refractivity contribution in [1.82, 2.24) is 4.90 Å². The van der Waals surface area contributed by atoms with Gasteiger partial charge in [-0.2, -0.15) is 0 Å². The Labute approximate surface area is 172 Å². The molecule has 2 aromatic carbocycles. The molecule has 2 aromatic rings. The molecule has 1 N–H and O–H groups in total. The summed E-state index contributed by atoms with van der Waals surface area (Å²) in [6, 6.07) is 14.1. The predicted molar refractivity (Wildman–Crippen MR) is 119 cm³/mol. The SMILES string of the molecule is CCc1ccccc1NC(=O)CN(C)C(=O)C(C)SCc1cc(C)ccc1C. The summed E-state index contributed by atoms with van der Waals surface area (Å²) in [6.45, 7) is 8.16. The third-order valence-electron chi connectivity index (χ3n) is 4.77.